The van der Waals surface area contributed by atoms with Gasteiger partial charge in [0, 0.05) is 23.8 Å². The van der Waals surface area contributed by atoms with Crippen molar-refractivity contribution in [1.82, 2.24) is 14.3 Å². The van der Waals surface area contributed by atoms with Gasteiger partial charge in [0.25, 0.3) is 0 Å². The summed E-state index contributed by atoms with van der Waals surface area (Å²) in [5.41, 5.74) is 0.837. The van der Waals surface area contributed by atoms with E-state index in [-0.39, 0.29) is 5.91 Å². The molecule has 0 spiro atoms. The monoisotopic (exact) mass is 329 g/mol. The zero-order valence-corrected chi connectivity index (χ0v) is 13.7. The largest absolute Gasteiger partial charge is 0.467 e. The van der Waals surface area contributed by atoms with Gasteiger partial charge in [0.1, 0.15) is 5.76 Å². The lowest BCUT2D eigenvalue weighted by molar-refractivity contribution is -0.133. The Bertz CT molecular complexity index is 755. The van der Waals surface area contributed by atoms with Crippen LogP contribution in [-0.4, -0.2) is 26.2 Å². The molecule has 1 amide bonds. The highest BCUT2D eigenvalue weighted by molar-refractivity contribution is 7.15. The molecular formula is C17H19N3O2S. The lowest BCUT2D eigenvalue weighted by Crippen LogP contribution is -2.39. The van der Waals surface area contributed by atoms with Gasteiger partial charge >= 0.3 is 0 Å². The second-order valence-corrected chi connectivity index (χ2v) is 6.91. The zero-order valence-electron chi connectivity index (χ0n) is 12.9. The summed E-state index contributed by atoms with van der Waals surface area (Å²) in [6.45, 7) is 0.554. The van der Waals surface area contributed by atoms with Gasteiger partial charge in [0.2, 0.25) is 5.91 Å². The minimum absolute atomic E-state index is 0.138. The minimum Gasteiger partial charge on any atom is -0.467 e. The van der Waals surface area contributed by atoms with Gasteiger partial charge in [-0.3, -0.25) is 9.20 Å². The predicted octanol–water partition coefficient (Wildman–Crippen LogP) is 3.50. The number of thiazole rings is 1. The van der Waals surface area contributed by atoms with E-state index in [2.05, 4.69) is 4.98 Å². The molecule has 0 bridgehead atoms. The molecule has 6 heteroatoms. The first-order valence-corrected chi connectivity index (χ1v) is 8.90. The van der Waals surface area contributed by atoms with E-state index in [4.69, 9.17) is 4.42 Å². The van der Waals surface area contributed by atoms with Crippen molar-refractivity contribution < 1.29 is 9.21 Å². The van der Waals surface area contributed by atoms with Crippen LogP contribution in [0.5, 0.6) is 0 Å². The number of nitrogens with zero attached hydrogens (tertiary/aromatic N) is 3. The maximum atomic E-state index is 12.9. The molecule has 1 aliphatic carbocycles. The molecule has 0 aliphatic heterocycles. The van der Waals surface area contributed by atoms with Crippen molar-refractivity contribution in [2.24, 2.45) is 0 Å². The average Bonchev–Trinajstić information content (AvgIpc) is 3.28. The van der Waals surface area contributed by atoms with Crippen LogP contribution in [-0.2, 0) is 17.8 Å². The molecule has 3 aromatic heterocycles. The first-order chi connectivity index (χ1) is 11.3. The Balaban J connectivity index is 1.52. The van der Waals surface area contributed by atoms with E-state index in [9.17, 15) is 4.79 Å². The van der Waals surface area contributed by atoms with Gasteiger partial charge in [0.05, 0.1) is 24.9 Å². The third-order valence-corrected chi connectivity index (χ3v) is 5.24. The molecular weight excluding hydrogens is 310 g/mol. The van der Waals surface area contributed by atoms with Crippen molar-refractivity contribution in [2.75, 3.05) is 0 Å². The molecule has 0 N–H and O–H groups in total. The highest BCUT2D eigenvalue weighted by Crippen LogP contribution is 2.26. The first kappa shape index (κ1) is 14.5. The molecule has 0 atom stereocenters. The molecule has 120 valence electrons. The maximum absolute atomic E-state index is 12.9. The molecule has 0 saturated heterocycles. The molecule has 0 aromatic carbocycles. The molecule has 23 heavy (non-hydrogen) atoms. The van der Waals surface area contributed by atoms with Gasteiger partial charge in [-0.15, -0.1) is 11.3 Å². The van der Waals surface area contributed by atoms with Crippen LogP contribution in [0.1, 0.15) is 37.1 Å². The molecule has 3 aromatic rings. The van der Waals surface area contributed by atoms with Crippen molar-refractivity contribution in [1.29, 1.82) is 0 Å². The highest BCUT2D eigenvalue weighted by atomic mass is 32.1. The summed E-state index contributed by atoms with van der Waals surface area (Å²) < 4.78 is 7.42. The number of carbonyl (C=O) groups excluding carboxylic acids is 1. The van der Waals surface area contributed by atoms with Gasteiger partial charge in [-0.05, 0) is 25.0 Å². The van der Waals surface area contributed by atoms with Crippen molar-refractivity contribution in [3.8, 4) is 0 Å². The van der Waals surface area contributed by atoms with Gasteiger partial charge in [-0.25, -0.2) is 4.98 Å². The second-order valence-electron chi connectivity index (χ2n) is 6.04. The molecule has 1 fully saturated rings. The summed E-state index contributed by atoms with van der Waals surface area (Å²) in [6.07, 6.45) is 10.5. The molecule has 3 heterocycles. The lowest BCUT2D eigenvalue weighted by Gasteiger charge is -2.28. The molecule has 1 aliphatic rings. The van der Waals surface area contributed by atoms with Gasteiger partial charge < -0.3 is 9.32 Å². The van der Waals surface area contributed by atoms with Gasteiger partial charge in [-0.2, -0.15) is 0 Å². The average molecular weight is 329 g/mol. The summed E-state index contributed by atoms with van der Waals surface area (Å²) in [4.78, 5) is 20.3. The Morgan fingerprint density at radius 1 is 1.43 bits per heavy atom. The van der Waals surface area contributed by atoms with Crippen LogP contribution in [0.15, 0.2) is 40.6 Å². The number of fused-ring (bicyclic) bond motifs is 1. The van der Waals surface area contributed by atoms with Crippen LogP contribution in [0, 0.1) is 0 Å². The number of aromatic nitrogens is 2. The quantitative estimate of drug-likeness (QED) is 0.720. The van der Waals surface area contributed by atoms with Gasteiger partial charge in [-0.1, -0.05) is 12.8 Å². The van der Waals surface area contributed by atoms with Crippen LogP contribution >= 0.6 is 11.3 Å². The summed E-state index contributed by atoms with van der Waals surface area (Å²) in [5.74, 6) is 0.982. The summed E-state index contributed by atoms with van der Waals surface area (Å²) in [7, 11) is 0. The number of rotatable bonds is 5. The number of imidazole rings is 1. The highest BCUT2D eigenvalue weighted by Gasteiger charge is 2.27. The van der Waals surface area contributed by atoms with Crippen LogP contribution in [0.2, 0.25) is 0 Å². The van der Waals surface area contributed by atoms with Crippen molar-refractivity contribution >= 4 is 22.2 Å². The Kier molecular flexibility index (Phi) is 3.91. The fourth-order valence-electron chi connectivity index (χ4n) is 3.33. The van der Waals surface area contributed by atoms with Crippen molar-refractivity contribution in [3.05, 3.63) is 47.6 Å². The maximum Gasteiger partial charge on any atom is 0.229 e. The number of hydrogen-bond acceptors (Lipinski definition) is 4. The topological polar surface area (TPSA) is 50.8 Å². The fraction of sp³-hybridized carbons (Fsp3) is 0.412. The van der Waals surface area contributed by atoms with Crippen molar-refractivity contribution in [3.63, 3.8) is 0 Å². The molecule has 0 radical (unpaired) electrons. The Labute approximate surface area is 138 Å². The number of amides is 1. The summed E-state index contributed by atoms with van der Waals surface area (Å²) in [5, 5.41) is 2.00. The molecule has 5 nitrogen and oxygen atoms in total. The molecule has 1 saturated carbocycles. The van der Waals surface area contributed by atoms with Crippen LogP contribution in [0.3, 0.4) is 0 Å². The van der Waals surface area contributed by atoms with E-state index in [0.29, 0.717) is 19.0 Å². The Morgan fingerprint density at radius 2 is 2.30 bits per heavy atom. The minimum atomic E-state index is 0.138. The standard InChI is InChI=1S/C17H19N3O2S/c21-16(10-13-11-19-7-9-23-17(19)18-13)20(14-4-1-2-5-14)12-15-6-3-8-22-15/h3,6-9,11,14H,1-2,4-5,10,12H2. The predicted molar refractivity (Wildman–Crippen MR) is 88.3 cm³/mol. The SMILES string of the molecule is O=C(Cc1cn2ccsc2n1)N(Cc1ccco1)C1CCCC1. The third-order valence-electron chi connectivity index (χ3n) is 4.47. The second kappa shape index (κ2) is 6.20. The van der Waals surface area contributed by atoms with Crippen LogP contribution in [0.4, 0.5) is 0 Å². The van der Waals surface area contributed by atoms with E-state index in [0.717, 1.165) is 29.3 Å². The van der Waals surface area contributed by atoms with Crippen molar-refractivity contribution in [2.45, 2.75) is 44.7 Å². The number of carbonyl (C=O) groups is 1. The lowest BCUT2D eigenvalue weighted by atomic mass is 10.1. The van der Waals surface area contributed by atoms with Crippen LogP contribution in [0.25, 0.3) is 4.96 Å². The van der Waals surface area contributed by atoms with E-state index in [1.807, 2.05) is 39.2 Å². The normalized spacial score (nSPS) is 15.5. The van der Waals surface area contributed by atoms with Gasteiger partial charge in [0.15, 0.2) is 4.96 Å². The molecule has 0 unspecified atom stereocenters. The third kappa shape index (κ3) is 3.03. The summed E-state index contributed by atoms with van der Waals surface area (Å²) >= 11 is 1.58. The fourth-order valence-corrected chi connectivity index (χ4v) is 4.04. The van der Waals surface area contributed by atoms with Crippen LogP contribution < -0.4 is 0 Å². The smallest absolute Gasteiger partial charge is 0.229 e. The van der Waals surface area contributed by atoms with E-state index in [1.165, 1.54) is 12.8 Å². The molecule has 4 rings (SSSR count). The van der Waals surface area contributed by atoms with E-state index < -0.39 is 0 Å². The Morgan fingerprint density at radius 3 is 3.04 bits per heavy atom. The number of furan rings is 1. The zero-order chi connectivity index (χ0) is 15.6. The van der Waals surface area contributed by atoms with E-state index in [1.54, 1.807) is 17.6 Å². The Hall–Kier alpha value is -2.08. The number of hydrogen-bond donors (Lipinski definition) is 0. The summed E-state index contributed by atoms with van der Waals surface area (Å²) in [6, 6.07) is 4.13. The van der Waals surface area contributed by atoms with E-state index >= 15 is 0 Å². The first-order valence-electron chi connectivity index (χ1n) is 8.02.